The normalized spacial score (nSPS) is 18.3. The number of rotatable bonds is 5. The Morgan fingerprint density at radius 1 is 1.43 bits per heavy atom. The second-order valence-electron chi connectivity index (χ2n) is 5.06. The SMILES string of the molecule is CCCNc1nc(CN2CCCS2(=O)=O)nc2sccc12. The molecule has 1 saturated heterocycles. The zero-order valence-corrected chi connectivity index (χ0v) is 13.5. The van der Waals surface area contributed by atoms with Crippen molar-refractivity contribution in [1.29, 1.82) is 0 Å². The first-order valence-electron chi connectivity index (χ1n) is 7.06. The summed E-state index contributed by atoms with van der Waals surface area (Å²) in [5.41, 5.74) is 0. The molecule has 1 aliphatic heterocycles. The maximum atomic E-state index is 11.9. The van der Waals surface area contributed by atoms with Crippen molar-refractivity contribution in [2.24, 2.45) is 0 Å². The van der Waals surface area contributed by atoms with E-state index in [9.17, 15) is 8.42 Å². The van der Waals surface area contributed by atoms with E-state index in [0.29, 0.717) is 18.8 Å². The fourth-order valence-corrected chi connectivity index (χ4v) is 4.63. The molecule has 0 bridgehead atoms. The molecule has 8 heteroatoms. The fourth-order valence-electron chi connectivity index (χ4n) is 2.38. The molecule has 6 nitrogen and oxygen atoms in total. The minimum absolute atomic E-state index is 0.231. The molecule has 1 aliphatic rings. The largest absolute Gasteiger partial charge is 0.369 e. The van der Waals surface area contributed by atoms with Gasteiger partial charge in [0.25, 0.3) is 0 Å². The summed E-state index contributed by atoms with van der Waals surface area (Å²) in [6, 6.07) is 1.99. The van der Waals surface area contributed by atoms with Gasteiger partial charge in [-0.05, 0) is 24.3 Å². The van der Waals surface area contributed by atoms with Gasteiger partial charge in [-0.1, -0.05) is 6.92 Å². The highest BCUT2D eigenvalue weighted by Crippen LogP contribution is 2.26. The number of nitrogens with one attached hydrogen (secondary N) is 1. The highest BCUT2D eigenvalue weighted by molar-refractivity contribution is 7.89. The number of thiophene rings is 1. The lowest BCUT2D eigenvalue weighted by Crippen LogP contribution is -2.26. The third-order valence-electron chi connectivity index (χ3n) is 3.43. The van der Waals surface area contributed by atoms with Crippen LogP contribution in [0.2, 0.25) is 0 Å². The maximum absolute atomic E-state index is 11.9. The van der Waals surface area contributed by atoms with Gasteiger partial charge in [0.05, 0.1) is 17.7 Å². The van der Waals surface area contributed by atoms with Gasteiger partial charge in [-0.25, -0.2) is 18.4 Å². The first-order chi connectivity index (χ1) is 10.1. The Kier molecular flexibility index (Phi) is 4.10. The van der Waals surface area contributed by atoms with Crippen molar-refractivity contribution in [2.75, 3.05) is 24.2 Å². The molecule has 3 heterocycles. The summed E-state index contributed by atoms with van der Waals surface area (Å²) in [7, 11) is -3.12. The van der Waals surface area contributed by atoms with Crippen LogP contribution in [0, 0.1) is 0 Å². The van der Waals surface area contributed by atoms with E-state index in [-0.39, 0.29) is 12.3 Å². The highest BCUT2D eigenvalue weighted by Gasteiger charge is 2.29. The summed E-state index contributed by atoms with van der Waals surface area (Å²) in [5, 5.41) is 6.28. The molecule has 0 amide bonds. The minimum atomic E-state index is -3.12. The number of anilines is 1. The van der Waals surface area contributed by atoms with Gasteiger partial charge >= 0.3 is 0 Å². The van der Waals surface area contributed by atoms with E-state index in [1.165, 1.54) is 4.31 Å². The Hall–Kier alpha value is -1.25. The number of fused-ring (bicyclic) bond motifs is 1. The van der Waals surface area contributed by atoms with Crippen LogP contribution in [-0.4, -0.2) is 41.5 Å². The third-order valence-corrected chi connectivity index (χ3v) is 6.14. The van der Waals surface area contributed by atoms with Crippen LogP contribution >= 0.6 is 11.3 Å². The highest BCUT2D eigenvalue weighted by atomic mass is 32.2. The molecule has 1 N–H and O–H groups in total. The third kappa shape index (κ3) is 3.02. The molecule has 0 aliphatic carbocycles. The van der Waals surface area contributed by atoms with Crippen molar-refractivity contribution in [3.05, 3.63) is 17.3 Å². The van der Waals surface area contributed by atoms with Gasteiger partial charge in [0.1, 0.15) is 16.5 Å². The monoisotopic (exact) mass is 326 g/mol. The smallest absolute Gasteiger partial charge is 0.214 e. The maximum Gasteiger partial charge on any atom is 0.214 e. The van der Waals surface area contributed by atoms with Gasteiger partial charge in [0.15, 0.2) is 0 Å². The summed E-state index contributed by atoms with van der Waals surface area (Å²) in [5.74, 6) is 1.60. The van der Waals surface area contributed by atoms with Crippen LogP contribution in [0.1, 0.15) is 25.6 Å². The van der Waals surface area contributed by atoms with Crippen LogP contribution in [0.5, 0.6) is 0 Å². The molecular weight excluding hydrogens is 308 g/mol. The first kappa shape index (κ1) is 14.7. The van der Waals surface area contributed by atoms with E-state index in [2.05, 4.69) is 22.2 Å². The lowest BCUT2D eigenvalue weighted by Gasteiger charge is -2.14. The Morgan fingerprint density at radius 2 is 2.29 bits per heavy atom. The van der Waals surface area contributed by atoms with E-state index in [1.54, 1.807) is 11.3 Å². The van der Waals surface area contributed by atoms with E-state index in [4.69, 9.17) is 0 Å². The summed E-state index contributed by atoms with van der Waals surface area (Å²) >= 11 is 1.55. The Bertz CT molecular complexity index is 742. The summed E-state index contributed by atoms with van der Waals surface area (Å²) in [6.45, 7) is 3.75. The van der Waals surface area contributed by atoms with Crippen LogP contribution in [0.3, 0.4) is 0 Å². The standard InChI is InChI=1S/C13H18N4O2S2/c1-2-5-14-12-10-4-7-20-13(10)16-11(15-12)9-17-6-3-8-21(17,18)19/h4,7H,2-3,5-6,8-9H2,1H3,(H,14,15,16). The molecule has 21 heavy (non-hydrogen) atoms. The number of hydrogen-bond donors (Lipinski definition) is 1. The van der Waals surface area contributed by atoms with Crippen molar-refractivity contribution in [3.8, 4) is 0 Å². The molecule has 2 aromatic heterocycles. The van der Waals surface area contributed by atoms with Crippen molar-refractivity contribution >= 4 is 37.4 Å². The van der Waals surface area contributed by atoms with Crippen molar-refractivity contribution in [1.82, 2.24) is 14.3 Å². The lowest BCUT2D eigenvalue weighted by molar-refractivity contribution is 0.430. The van der Waals surface area contributed by atoms with Gasteiger partial charge in [-0.2, -0.15) is 4.31 Å². The lowest BCUT2D eigenvalue weighted by atomic mass is 10.3. The van der Waals surface area contributed by atoms with E-state index in [0.717, 1.165) is 29.0 Å². The van der Waals surface area contributed by atoms with Crippen LogP contribution in [0.4, 0.5) is 5.82 Å². The first-order valence-corrected chi connectivity index (χ1v) is 9.55. The average molecular weight is 326 g/mol. The molecule has 114 valence electrons. The Balaban J connectivity index is 1.91. The fraction of sp³-hybridized carbons (Fsp3) is 0.538. The van der Waals surface area contributed by atoms with E-state index in [1.807, 2.05) is 11.4 Å². The van der Waals surface area contributed by atoms with Crippen molar-refractivity contribution < 1.29 is 8.42 Å². The van der Waals surface area contributed by atoms with Gasteiger partial charge < -0.3 is 5.32 Å². The molecule has 2 aromatic rings. The molecule has 1 fully saturated rings. The molecular formula is C13H18N4O2S2. The van der Waals surface area contributed by atoms with Gasteiger partial charge in [0.2, 0.25) is 10.0 Å². The molecule has 0 atom stereocenters. The number of sulfonamides is 1. The molecule has 0 saturated carbocycles. The van der Waals surface area contributed by atoms with Crippen molar-refractivity contribution in [3.63, 3.8) is 0 Å². The van der Waals surface area contributed by atoms with Crippen LogP contribution in [-0.2, 0) is 16.6 Å². The number of hydrogen-bond acceptors (Lipinski definition) is 6. The Labute approximate surface area is 128 Å². The van der Waals surface area contributed by atoms with Gasteiger partial charge in [0, 0.05) is 13.1 Å². The quantitative estimate of drug-likeness (QED) is 0.910. The second kappa shape index (κ2) is 5.86. The van der Waals surface area contributed by atoms with Crippen LogP contribution in [0.15, 0.2) is 11.4 Å². The zero-order chi connectivity index (χ0) is 14.9. The molecule has 0 spiro atoms. The van der Waals surface area contributed by atoms with Crippen molar-refractivity contribution in [2.45, 2.75) is 26.3 Å². The summed E-state index contributed by atoms with van der Waals surface area (Å²) in [6.07, 6.45) is 1.69. The van der Waals surface area contributed by atoms with Crippen LogP contribution in [0.25, 0.3) is 10.2 Å². The molecule has 0 unspecified atom stereocenters. The average Bonchev–Trinajstić information content (AvgIpc) is 3.03. The molecule has 0 radical (unpaired) electrons. The number of nitrogens with zero attached hydrogens (tertiary/aromatic N) is 3. The molecule has 3 rings (SSSR count). The summed E-state index contributed by atoms with van der Waals surface area (Å²) < 4.78 is 25.3. The second-order valence-corrected chi connectivity index (χ2v) is 8.04. The minimum Gasteiger partial charge on any atom is -0.369 e. The van der Waals surface area contributed by atoms with E-state index >= 15 is 0 Å². The predicted octanol–water partition coefficient (Wildman–Crippen LogP) is 2.05. The predicted molar refractivity (Wildman–Crippen MR) is 85.0 cm³/mol. The zero-order valence-electron chi connectivity index (χ0n) is 11.9. The van der Waals surface area contributed by atoms with E-state index < -0.39 is 10.0 Å². The summed E-state index contributed by atoms with van der Waals surface area (Å²) in [4.78, 5) is 9.91. The topological polar surface area (TPSA) is 75.2 Å². The van der Waals surface area contributed by atoms with Crippen LogP contribution < -0.4 is 5.32 Å². The van der Waals surface area contributed by atoms with Gasteiger partial charge in [-0.3, -0.25) is 0 Å². The van der Waals surface area contributed by atoms with Gasteiger partial charge in [-0.15, -0.1) is 11.3 Å². The number of aromatic nitrogens is 2. The Morgan fingerprint density at radius 3 is 3.00 bits per heavy atom. The molecule has 0 aromatic carbocycles.